The summed E-state index contributed by atoms with van der Waals surface area (Å²) in [4.78, 5) is 12.4. The van der Waals surface area contributed by atoms with E-state index in [0.717, 1.165) is 24.3 Å². The number of amides is 1. The first kappa shape index (κ1) is 15.8. The molecule has 0 unspecified atom stereocenters. The maximum absolute atomic E-state index is 12.4. The molecule has 1 aliphatic rings. The van der Waals surface area contributed by atoms with Crippen molar-refractivity contribution in [3.05, 3.63) is 24.3 Å². The molecule has 1 amide bonds. The molecule has 1 atom stereocenters. The molecule has 1 aromatic carbocycles. The van der Waals surface area contributed by atoms with Crippen LogP contribution in [0.25, 0.3) is 0 Å². The van der Waals surface area contributed by atoms with Crippen LogP contribution in [0.4, 0.5) is 5.69 Å². The van der Waals surface area contributed by atoms with Gasteiger partial charge in [-0.25, -0.2) is 0 Å². The molecule has 0 aromatic heterocycles. The Morgan fingerprint density at radius 1 is 1.33 bits per heavy atom. The van der Waals surface area contributed by atoms with Crippen molar-refractivity contribution in [2.45, 2.75) is 39.2 Å². The molecule has 116 valence electrons. The van der Waals surface area contributed by atoms with Gasteiger partial charge in [0.15, 0.2) is 0 Å². The summed E-state index contributed by atoms with van der Waals surface area (Å²) in [5, 5.41) is 2.93. The summed E-state index contributed by atoms with van der Waals surface area (Å²) in [6, 6.07) is 7.46. The Hall–Kier alpha value is -1.55. The van der Waals surface area contributed by atoms with Gasteiger partial charge in [0.1, 0.15) is 11.4 Å². The second-order valence-corrected chi connectivity index (χ2v) is 6.27. The molecule has 0 aliphatic heterocycles. The Bertz CT molecular complexity index is 479. The lowest BCUT2D eigenvalue weighted by Gasteiger charge is -2.26. The average molecular weight is 291 g/mol. The van der Waals surface area contributed by atoms with Crippen molar-refractivity contribution in [2.75, 3.05) is 19.0 Å². The number of hydrogen-bond donors (Lipinski definition) is 1. The van der Waals surface area contributed by atoms with Gasteiger partial charge in [0.05, 0.1) is 6.61 Å². The average Bonchev–Trinajstić information content (AvgIpc) is 3.30. The fourth-order valence-electron chi connectivity index (χ4n) is 2.23. The standard InChI is InChI=1S/C17H25NO3/c1-12(2)11-21-15-9-7-14(8-10-15)18-16(19)17(3,20-4)13-5-6-13/h7-10,12-13H,5-6,11H2,1-4H3,(H,18,19)/t17-/m0/s1. The molecular formula is C17H25NO3. The van der Waals surface area contributed by atoms with Crippen molar-refractivity contribution in [1.29, 1.82) is 0 Å². The molecule has 1 saturated carbocycles. The van der Waals surface area contributed by atoms with Gasteiger partial charge < -0.3 is 14.8 Å². The van der Waals surface area contributed by atoms with Gasteiger partial charge in [-0.2, -0.15) is 0 Å². The maximum Gasteiger partial charge on any atom is 0.256 e. The largest absolute Gasteiger partial charge is 0.493 e. The highest BCUT2D eigenvalue weighted by Crippen LogP contribution is 2.42. The summed E-state index contributed by atoms with van der Waals surface area (Å²) in [5.41, 5.74) is 0.0353. The van der Waals surface area contributed by atoms with Gasteiger partial charge in [0, 0.05) is 12.8 Å². The van der Waals surface area contributed by atoms with Crippen LogP contribution in [0.2, 0.25) is 0 Å². The smallest absolute Gasteiger partial charge is 0.256 e. The molecule has 4 heteroatoms. The molecule has 0 spiro atoms. The minimum Gasteiger partial charge on any atom is -0.493 e. The lowest BCUT2D eigenvalue weighted by atomic mass is 9.99. The number of carbonyl (C=O) groups excluding carboxylic acids is 1. The van der Waals surface area contributed by atoms with Gasteiger partial charge in [-0.1, -0.05) is 13.8 Å². The number of carbonyl (C=O) groups is 1. The van der Waals surface area contributed by atoms with Crippen molar-refractivity contribution in [3.8, 4) is 5.75 Å². The van der Waals surface area contributed by atoms with E-state index in [0.29, 0.717) is 18.4 Å². The molecule has 0 heterocycles. The van der Waals surface area contributed by atoms with E-state index in [4.69, 9.17) is 9.47 Å². The number of benzene rings is 1. The van der Waals surface area contributed by atoms with Gasteiger partial charge in [0.2, 0.25) is 0 Å². The normalized spacial score (nSPS) is 17.4. The third-order valence-electron chi connectivity index (χ3n) is 3.93. The number of nitrogens with one attached hydrogen (secondary N) is 1. The molecule has 1 aromatic rings. The summed E-state index contributed by atoms with van der Waals surface area (Å²) >= 11 is 0. The topological polar surface area (TPSA) is 47.6 Å². The zero-order valence-corrected chi connectivity index (χ0v) is 13.3. The monoisotopic (exact) mass is 291 g/mol. The number of anilines is 1. The van der Waals surface area contributed by atoms with Crippen LogP contribution in [-0.2, 0) is 9.53 Å². The van der Waals surface area contributed by atoms with Crippen LogP contribution in [-0.4, -0.2) is 25.2 Å². The summed E-state index contributed by atoms with van der Waals surface area (Å²) < 4.78 is 11.1. The quantitative estimate of drug-likeness (QED) is 0.836. The second-order valence-electron chi connectivity index (χ2n) is 6.27. The highest BCUT2D eigenvalue weighted by molar-refractivity contribution is 5.97. The molecule has 1 N–H and O–H groups in total. The third kappa shape index (κ3) is 3.97. The van der Waals surface area contributed by atoms with E-state index in [1.165, 1.54) is 0 Å². The molecule has 1 aliphatic carbocycles. The molecule has 0 saturated heterocycles. The highest BCUT2D eigenvalue weighted by atomic mass is 16.5. The first-order valence-electron chi connectivity index (χ1n) is 7.55. The number of ether oxygens (including phenoxy) is 2. The fraction of sp³-hybridized carbons (Fsp3) is 0.588. The highest BCUT2D eigenvalue weighted by Gasteiger charge is 2.47. The summed E-state index contributed by atoms with van der Waals surface area (Å²) in [5.74, 6) is 1.56. The zero-order chi connectivity index (χ0) is 15.5. The van der Waals surface area contributed by atoms with Crippen molar-refractivity contribution >= 4 is 11.6 Å². The van der Waals surface area contributed by atoms with E-state index >= 15 is 0 Å². The Morgan fingerprint density at radius 3 is 2.43 bits per heavy atom. The van der Waals surface area contributed by atoms with E-state index in [1.54, 1.807) is 7.11 Å². The zero-order valence-electron chi connectivity index (χ0n) is 13.3. The first-order valence-corrected chi connectivity index (χ1v) is 7.55. The molecular weight excluding hydrogens is 266 g/mol. The fourth-order valence-corrected chi connectivity index (χ4v) is 2.23. The maximum atomic E-state index is 12.4. The number of hydrogen-bond acceptors (Lipinski definition) is 3. The van der Waals surface area contributed by atoms with Crippen LogP contribution in [0.3, 0.4) is 0 Å². The van der Waals surface area contributed by atoms with Gasteiger partial charge >= 0.3 is 0 Å². The lowest BCUT2D eigenvalue weighted by molar-refractivity contribution is -0.138. The Labute approximate surface area is 126 Å². The molecule has 1 fully saturated rings. The minimum atomic E-state index is -0.729. The van der Waals surface area contributed by atoms with E-state index < -0.39 is 5.60 Å². The molecule has 2 rings (SSSR count). The van der Waals surface area contributed by atoms with Gasteiger partial charge in [0.25, 0.3) is 5.91 Å². The lowest BCUT2D eigenvalue weighted by Crippen LogP contribution is -2.43. The minimum absolute atomic E-state index is 0.0802. The van der Waals surface area contributed by atoms with Crippen LogP contribution in [0, 0.1) is 11.8 Å². The van der Waals surface area contributed by atoms with Crippen LogP contribution >= 0.6 is 0 Å². The van der Waals surface area contributed by atoms with Crippen molar-refractivity contribution in [1.82, 2.24) is 0 Å². The third-order valence-corrected chi connectivity index (χ3v) is 3.93. The molecule has 0 bridgehead atoms. The molecule has 21 heavy (non-hydrogen) atoms. The predicted molar refractivity (Wildman–Crippen MR) is 83.5 cm³/mol. The van der Waals surface area contributed by atoms with E-state index in [-0.39, 0.29) is 5.91 Å². The van der Waals surface area contributed by atoms with E-state index in [2.05, 4.69) is 19.2 Å². The van der Waals surface area contributed by atoms with Gasteiger partial charge in [-0.3, -0.25) is 4.79 Å². The number of rotatable bonds is 7. The van der Waals surface area contributed by atoms with Crippen LogP contribution < -0.4 is 10.1 Å². The van der Waals surface area contributed by atoms with Crippen molar-refractivity contribution in [3.63, 3.8) is 0 Å². The van der Waals surface area contributed by atoms with Crippen LogP contribution in [0.5, 0.6) is 5.75 Å². The van der Waals surface area contributed by atoms with Crippen LogP contribution in [0.1, 0.15) is 33.6 Å². The Morgan fingerprint density at radius 2 is 1.95 bits per heavy atom. The van der Waals surface area contributed by atoms with Crippen molar-refractivity contribution < 1.29 is 14.3 Å². The Balaban J connectivity index is 1.95. The molecule has 0 radical (unpaired) electrons. The summed E-state index contributed by atoms with van der Waals surface area (Å²) in [6.45, 7) is 6.77. The van der Waals surface area contributed by atoms with Crippen LogP contribution in [0.15, 0.2) is 24.3 Å². The Kier molecular flexibility index (Phi) is 4.88. The van der Waals surface area contributed by atoms with Gasteiger partial charge in [-0.15, -0.1) is 0 Å². The van der Waals surface area contributed by atoms with E-state index in [1.807, 2.05) is 31.2 Å². The van der Waals surface area contributed by atoms with E-state index in [9.17, 15) is 4.79 Å². The van der Waals surface area contributed by atoms with Crippen molar-refractivity contribution in [2.24, 2.45) is 11.8 Å². The number of methoxy groups -OCH3 is 1. The summed E-state index contributed by atoms with van der Waals surface area (Å²) in [6.07, 6.45) is 2.11. The van der Waals surface area contributed by atoms with Gasteiger partial charge in [-0.05, 0) is 55.9 Å². The first-order chi connectivity index (χ1) is 9.95. The second kappa shape index (κ2) is 6.48. The SMILES string of the molecule is CO[C@](C)(C(=O)Nc1ccc(OCC(C)C)cc1)C1CC1. The predicted octanol–water partition coefficient (Wildman–Crippen LogP) is 3.48. The molecule has 4 nitrogen and oxygen atoms in total. The summed E-state index contributed by atoms with van der Waals surface area (Å²) in [7, 11) is 1.60.